The zero-order chi connectivity index (χ0) is 19.0. The summed E-state index contributed by atoms with van der Waals surface area (Å²) in [6.07, 6.45) is 1.61. The molecule has 2 aromatic rings. The van der Waals surface area contributed by atoms with Crippen LogP contribution in [0, 0.1) is 0 Å². The molecule has 1 aromatic heterocycles. The van der Waals surface area contributed by atoms with Crippen molar-refractivity contribution in [3.63, 3.8) is 0 Å². The average Bonchev–Trinajstić information content (AvgIpc) is 3.04. The molecule has 8 heteroatoms. The number of aryl methyl sites for hydroxylation is 1. The van der Waals surface area contributed by atoms with E-state index >= 15 is 0 Å². The number of para-hydroxylation sites is 2. The number of benzene rings is 1. The maximum absolute atomic E-state index is 13.3. The Kier molecular flexibility index (Phi) is 4.67. The van der Waals surface area contributed by atoms with Crippen LogP contribution >= 0.6 is 0 Å². The lowest BCUT2D eigenvalue weighted by Crippen LogP contribution is -2.48. The molecular formula is C19H24N6O2. The fourth-order valence-corrected chi connectivity index (χ4v) is 3.63. The number of aromatic nitrogens is 2. The van der Waals surface area contributed by atoms with Crippen LogP contribution in [0.4, 0.5) is 17.1 Å². The number of piperazine rings is 1. The summed E-state index contributed by atoms with van der Waals surface area (Å²) in [5.74, 6) is -0.299. The highest BCUT2D eigenvalue weighted by Crippen LogP contribution is 2.37. The minimum atomic E-state index is -0.244. The van der Waals surface area contributed by atoms with E-state index in [2.05, 4.69) is 27.3 Å². The lowest BCUT2D eigenvalue weighted by Gasteiger charge is -2.33. The first-order valence-electron chi connectivity index (χ1n) is 9.28. The molecule has 1 saturated heterocycles. The van der Waals surface area contributed by atoms with Gasteiger partial charge in [-0.2, -0.15) is 5.10 Å². The number of hydrogen-bond donors (Lipinski definition) is 1. The van der Waals surface area contributed by atoms with Gasteiger partial charge in [0.2, 0.25) is 5.91 Å². The van der Waals surface area contributed by atoms with E-state index in [9.17, 15) is 9.59 Å². The maximum Gasteiger partial charge on any atom is 0.276 e. The Morgan fingerprint density at radius 1 is 1.15 bits per heavy atom. The Labute approximate surface area is 158 Å². The van der Waals surface area contributed by atoms with E-state index in [4.69, 9.17) is 0 Å². The van der Waals surface area contributed by atoms with E-state index in [0.29, 0.717) is 35.8 Å². The molecule has 2 aliphatic rings. The molecular weight excluding hydrogens is 344 g/mol. The molecule has 8 nitrogen and oxygen atoms in total. The fraction of sp³-hybridized carbons (Fsp3) is 0.421. The number of nitrogens with one attached hydrogen (secondary N) is 1. The van der Waals surface area contributed by atoms with Crippen molar-refractivity contribution in [2.45, 2.75) is 13.5 Å². The molecule has 1 aromatic carbocycles. The molecule has 0 spiro atoms. The summed E-state index contributed by atoms with van der Waals surface area (Å²) >= 11 is 0. The van der Waals surface area contributed by atoms with Crippen LogP contribution < -0.4 is 10.2 Å². The molecule has 0 unspecified atom stereocenters. The van der Waals surface area contributed by atoms with Crippen molar-refractivity contribution in [3.8, 4) is 0 Å². The van der Waals surface area contributed by atoms with Gasteiger partial charge < -0.3 is 10.2 Å². The number of hydrogen-bond acceptors (Lipinski definition) is 5. The summed E-state index contributed by atoms with van der Waals surface area (Å²) in [6.45, 7) is 6.40. The Hall–Kier alpha value is -2.71. The van der Waals surface area contributed by atoms with E-state index in [1.54, 1.807) is 15.8 Å². The highest BCUT2D eigenvalue weighted by molar-refractivity contribution is 6.17. The highest BCUT2D eigenvalue weighted by Gasteiger charge is 2.33. The van der Waals surface area contributed by atoms with Gasteiger partial charge in [-0.05, 0) is 26.1 Å². The van der Waals surface area contributed by atoms with Crippen molar-refractivity contribution in [2.75, 3.05) is 50.0 Å². The number of carbonyl (C=O) groups is 2. The van der Waals surface area contributed by atoms with Crippen LogP contribution in [0.3, 0.4) is 0 Å². The molecule has 2 amide bonds. The van der Waals surface area contributed by atoms with Crippen LogP contribution in [-0.4, -0.2) is 71.2 Å². The third-order valence-electron chi connectivity index (χ3n) is 5.17. The molecule has 4 rings (SSSR count). The normalized spacial score (nSPS) is 17.9. The van der Waals surface area contributed by atoms with Gasteiger partial charge in [-0.1, -0.05) is 12.1 Å². The second-order valence-electron chi connectivity index (χ2n) is 6.97. The summed E-state index contributed by atoms with van der Waals surface area (Å²) in [5, 5.41) is 7.23. The molecule has 1 N–H and O–H groups in total. The lowest BCUT2D eigenvalue weighted by atomic mass is 10.2. The molecule has 0 atom stereocenters. The molecule has 0 saturated carbocycles. The van der Waals surface area contributed by atoms with Crippen LogP contribution in [0.15, 0.2) is 30.5 Å². The first kappa shape index (κ1) is 17.7. The largest absolute Gasteiger partial charge is 0.319 e. The molecule has 142 valence electrons. The first-order chi connectivity index (χ1) is 13.1. The Morgan fingerprint density at radius 3 is 2.63 bits per heavy atom. The van der Waals surface area contributed by atoms with Gasteiger partial charge in [0.05, 0.1) is 24.1 Å². The van der Waals surface area contributed by atoms with E-state index in [1.165, 1.54) is 0 Å². The summed E-state index contributed by atoms with van der Waals surface area (Å²) in [4.78, 5) is 32.2. The Bertz CT molecular complexity index is 869. The molecule has 0 radical (unpaired) electrons. The second-order valence-corrected chi connectivity index (χ2v) is 6.97. The Morgan fingerprint density at radius 2 is 1.89 bits per heavy atom. The number of likely N-dealkylation sites (N-methyl/N-ethyl adjacent to an activating group) is 1. The van der Waals surface area contributed by atoms with Gasteiger partial charge in [-0.25, -0.2) is 0 Å². The molecule has 3 heterocycles. The van der Waals surface area contributed by atoms with Gasteiger partial charge in [0.15, 0.2) is 5.69 Å². The second kappa shape index (κ2) is 7.13. The minimum absolute atomic E-state index is 0.0552. The number of fused-ring (bicyclic) bond motifs is 2. The first-order valence-corrected chi connectivity index (χ1v) is 9.28. The maximum atomic E-state index is 13.3. The van der Waals surface area contributed by atoms with E-state index < -0.39 is 0 Å². The summed E-state index contributed by atoms with van der Waals surface area (Å²) in [5.41, 5.74) is 2.27. The van der Waals surface area contributed by atoms with Gasteiger partial charge in [-0.15, -0.1) is 0 Å². The average molecular weight is 368 g/mol. The van der Waals surface area contributed by atoms with Crippen molar-refractivity contribution in [2.24, 2.45) is 0 Å². The molecule has 0 aliphatic carbocycles. The predicted octanol–water partition coefficient (Wildman–Crippen LogP) is 1.38. The summed E-state index contributed by atoms with van der Waals surface area (Å²) in [6, 6.07) is 7.40. The van der Waals surface area contributed by atoms with Gasteiger partial charge >= 0.3 is 0 Å². The van der Waals surface area contributed by atoms with Gasteiger partial charge in [0.1, 0.15) is 5.69 Å². The van der Waals surface area contributed by atoms with Crippen LogP contribution in [0.25, 0.3) is 0 Å². The third kappa shape index (κ3) is 3.22. The van der Waals surface area contributed by atoms with Crippen molar-refractivity contribution < 1.29 is 9.59 Å². The topological polar surface area (TPSA) is 73.7 Å². The standard InChI is InChI=1S/C19H24N6O2/c1-3-24-18-16(12-20-24)25(15-7-5-4-6-14(15)21-19(18)27)17(26)13-23-10-8-22(2)9-11-23/h4-7,12H,3,8-11,13H2,1-2H3,(H,21,27). The number of amides is 2. The molecule has 1 fully saturated rings. The van der Waals surface area contributed by atoms with Crippen molar-refractivity contribution in [1.82, 2.24) is 19.6 Å². The molecule has 0 bridgehead atoms. The van der Waals surface area contributed by atoms with Crippen LogP contribution in [0.2, 0.25) is 0 Å². The van der Waals surface area contributed by atoms with E-state index in [1.807, 2.05) is 31.2 Å². The van der Waals surface area contributed by atoms with Crippen molar-refractivity contribution >= 4 is 28.9 Å². The van der Waals surface area contributed by atoms with Gasteiger partial charge in [0.25, 0.3) is 5.91 Å². The Balaban J connectivity index is 1.72. The number of anilines is 3. The zero-order valence-electron chi connectivity index (χ0n) is 15.7. The number of carbonyl (C=O) groups excluding carboxylic acids is 2. The van der Waals surface area contributed by atoms with Crippen LogP contribution in [-0.2, 0) is 11.3 Å². The monoisotopic (exact) mass is 368 g/mol. The molecule has 2 aliphatic heterocycles. The van der Waals surface area contributed by atoms with E-state index in [-0.39, 0.29) is 11.8 Å². The summed E-state index contributed by atoms with van der Waals surface area (Å²) < 4.78 is 1.63. The molecule has 27 heavy (non-hydrogen) atoms. The number of nitrogens with zero attached hydrogens (tertiary/aromatic N) is 5. The number of rotatable bonds is 3. The quantitative estimate of drug-likeness (QED) is 0.886. The zero-order valence-corrected chi connectivity index (χ0v) is 15.7. The SMILES string of the molecule is CCn1ncc2c1C(=O)Nc1ccccc1N2C(=O)CN1CCN(C)CC1. The summed E-state index contributed by atoms with van der Waals surface area (Å²) in [7, 11) is 2.09. The van der Waals surface area contributed by atoms with Crippen LogP contribution in [0.5, 0.6) is 0 Å². The third-order valence-corrected chi connectivity index (χ3v) is 5.17. The highest BCUT2D eigenvalue weighted by atomic mass is 16.2. The van der Waals surface area contributed by atoms with E-state index in [0.717, 1.165) is 26.2 Å². The predicted molar refractivity (Wildman–Crippen MR) is 103 cm³/mol. The van der Waals surface area contributed by atoms with Crippen molar-refractivity contribution in [1.29, 1.82) is 0 Å². The van der Waals surface area contributed by atoms with Gasteiger partial charge in [0, 0.05) is 32.7 Å². The van der Waals surface area contributed by atoms with Gasteiger partial charge in [-0.3, -0.25) is 24.1 Å². The van der Waals surface area contributed by atoms with Crippen LogP contribution in [0.1, 0.15) is 17.4 Å². The fourth-order valence-electron chi connectivity index (χ4n) is 3.63. The van der Waals surface area contributed by atoms with Crippen molar-refractivity contribution in [3.05, 3.63) is 36.2 Å². The lowest BCUT2D eigenvalue weighted by molar-refractivity contribution is -0.119. The minimum Gasteiger partial charge on any atom is -0.319 e. The smallest absolute Gasteiger partial charge is 0.276 e.